The lowest BCUT2D eigenvalue weighted by Crippen LogP contribution is -2.14. The Labute approximate surface area is 330 Å². The number of aliphatic carboxylic acids is 2. The van der Waals surface area contributed by atoms with E-state index in [0.717, 1.165) is 71.5 Å². The molecule has 6 aromatic carbocycles. The van der Waals surface area contributed by atoms with Crippen LogP contribution in [0.1, 0.15) is 38.5 Å². The van der Waals surface area contributed by atoms with Crippen molar-refractivity contribution in [2.24, 2.45) is 0 Å². The summed E-state index contributed by atoms with van der Waals surface area (Å²) in [7, 11) is 0. The molecule has 0 bridgehead atoms. The summed E-state index contributed by atoms with van der Waals surface area (Å²) in [5.74, 6) is -2.18. The molecule has 0 fully saturated rings. The molecule has 0 radical (unpaired) electrons. The Morgan fingerprint density at radius 3 is 1.19 bits per heavy atom. The Hall–Kier alpha value is -7.60. The second-order valence-corrected chi connectivity index (χ2v) is 13.6. The molecule has 12 nitrogen and oxygen atoms in total. The average Bonchev–Trinajstić information content (AvgIpc) is 3.88. The van der Waals surface area contributed by atoms with E-state index in [1.165, 1.54) is 0 Å². The molecule has 0 aliphatic carbocycles. The summed E-state index contributed by atoms with van der Waals surface area (Å²) >= 11 is 0. The third kappa shape index (κ3) is 9.25. The number of rotatable bonds is 10. The number of nitrogens with one attached hydrogen (secondary N) is 2. The minimum absolute atomic E-state index is 0.0632. The molecule has 6 N–H and O–H groups in total. The molecule has 58 heavy (non-hydrogen) atoms. The maximum atomic E-state index is 12.4. The van der Waals surface area contributed by atoms with Crippen LogP contribution in [0, 0.1) is 0 Å². The summed E-state index contributed by atoms with van der Waals surface area (Å²) < 4.78 is 17.4. The molecule has 9 aromatic rings. The fourth-order valence-corrected chi connectivity index (χ4v) is 6.60. The van der Waals surface area contributed by atoms with Crippen molar-refractivity contribution in [1.29, 1.82) is 0 Å². The maximum Gasteiger partial charge on any atom is 0.303 e. The number of para-hydroxylation sites is 3. The third-order valence-corrected chi connectivity index (χ3v) is 9.32. The summed E-state index contributed by atoms with van der Waals surface area (Å²) in [5.41, 5.74) is 12.6. The number of carbonyl (C=O) groups is 4. The van der Waals surface area contributed by atoms with E-state index in [1.54, 1.807) is 0 Å². The second kappa shape index (κ2) is 17.5. The van der Waals surface area contributed by atoms with Gasteiger partial charge in [-0.2, -0.15) is 0 Å². The van der Waals surface area contributed by atoms with E-state index in [0.29, 0.717) is 17.8 Å². The lowest BCUT2D eigenvalue weighted by atomic mass is 10.1. The van der Waals surface area contributed by atoms with Crippen LogP contribution >= 0.6 is 0 Å². The van der Waals surface area contributed by atoms with Gasteiger partial charge >= 0.3 is 11.9 Å². The van der Waals surface area contributed by atoms with Gasteiger partial charge in [-0.05, 0) is 67.4 Å². The van der Waals surface area contributed by atoms with Gasteiger partial charge in [0.1, 0.15) is 33.5 Å². The van der Waals surface area contributed by atoms with E-state index in [4.69, 9.17) is 29.2 Å². The van der Waals surface area contributed by atoms with Gasteiger partial charge in [0, 0.05) is 93.3 Å². The predicted molar refractivity (Wildman–Crippen MR) is 226 cm³/mol. The number of hydrogen-bond donors (Lipinski definition) is 5. The monoisotopic (exact) mass is 777 g/mol. The van der Waals surface area contributed by atoms with Crippen LogP contribution in [0.3, 0.4) is 0 Å². The van der Waals surface area contributed by atoms with Gasteiger partial charge in [-0.25, -0.2) is 0 Å². The number of carbonyl (C=O) groups excluding carboxylic acids is 2. The molecule has 2 amide bonds. The SMILES string of the molecule is Nc1ccc2c(c1)oc1ccccc12.O=C(CCCC(=O)Nc1ccc2c(c1)oc1ccccc12)Nc1ccc2c(c1)oc1ccccc12.O=C(O)CCCC(=O)O. The first-order valence-electron chi connectivity index (χ1n) is 18.6. The molecular weight excluding hydrogens is 739 g/mol. The van der Waals surface area contributed by atoms with Crippen LogP contribution in [0.15, 0.2) is 141 Å². The van der Waals surface area contributed by atoms with Crippen LogP contribution in [0.5, 0.6) is 0 Å². The van der Waals surface area contributed by atoms with Crippen LogP contribution in [0.25, 0.3) is 65.8 Å². The van der Waals surface area contributed by atoms with E-state index in [9.17, 15) is 19.2 Å². The molecule has 0 aliphatic heterocycles. The number of carboxylic acid groups (broad SMARTS) is 2. The van der Waals surface area contributed by atoms with Crippen molar-refractivity contribution in [3.8, 4) is 0 Å². The highest BCUT2D eigenvalue weighted by Gasteiger charge is 2.12. The fraction of sp³-hybridized carbons (Fsp3) is 0.130. The van der Waals surface area contributed by atoms with Gasteiger partial charge in [0.05, 0.1) is 0 Å². The van der Waals surface area contributed by atoms with Crippen LogP contribution < -0.4 is 16.4 Å². The van der Waals surface area contributed by atoms with Gasteiger partial charge < -0.3 is 39.8 Å². The minimum Gasteiger partial charge on any atom is -0.481 e. The van der Waals surface area contributed by atoms with Crippen molar-refractivity contribution in [1.82, 2.24) is 0 Å². The van der Waals surface area contributed by atoms with E-state index in [1.807, 2.05) is 121 Å². The fourth-order valence-electron chi connectivity index (χ4n) is 6.60. The number of nitrogen functional groups attached to an aromatic ring is 1. The van der Waals surface area contributed by atoms with Crippen molar-refractivity contribution in [2.45, 2.75) is 38.5 Å². The lowest BCUT2D eigenvalue weighted by molar-refractivity contribution is -0.138. The van der Waals surface area contributed by atoms with Crippen molar-refractivity contribution in [2.75, 3.05) is 16.4 Å². The van der Waals surface area contributed by atoms with Crippen molar-refractivity contribution < 1.29 is 42.6 Å². The number of benzene rings is 6. The van der Waals surface area contributed by atoms with E-state index in [2.05, 4.69) is 16.7 Å². The highest BCUT2D eigenvalue weighted by Crippen LogP contribution is 2.32. The Bertz CT molecular complexity index is 2800. The van der Waals surface area contributed by atoms with Crippen molar-refractivity contribution in [3.05, 3.63) is 127 Å². The highest BCUT2D eigenvalue weighted by molar-refractivity contribution is 6.08. The van der Waals surface area contributed by atoms with E-state index in [-0.39, 0.29) is 43.9 Å². The normalized spacial score (nSPS) is 11.0. The van der Waals surface area contributed by atoms with E-state index >= 15 is 0 Å². The minimum atomic E-state index is -0.948. The Kier molecular flexibility index (Phi) is 11.6. The number of amides is 2. The zero-order valence-corrected chi connectivity index (χ0v) is 31.2. The molecule has 0 spiro atoms. The number of nitrogens with two attached hydrogens (primary N) is 1. The van der Waals surface area contributed by atoms with E-state index < -0.39 is 11.9 Å². The van der Waals surface area contributed by atoms with Gasteiger partial charge in [0.25, 0.3) is 0 Å². The molecule has 0 saturated carbocycles. The molecule has 0 saturated heterocycles. The zero-order chi connectivity index (χ0) is 40.6. The number of carboxylic acids is 2. The first kappa shape index (κ1) is 38.7. The van der Waals surface area contributed by atoms with Gasteiger partial charge in [-0.15, -0.1) is 0 Å². The second-order valence-electron chi connectivity index (χ2n) is 13.6. The molecular formula is C46H39N3O9. The van der Waals surface area contributed by atoms with Gasteiger partial charge in [0.15, 0.2) is 0 Å². The molecule has 292 valence electrons. The summed E-state index contributed by atoms with van der Waals surface area (Å²) in [6.07, 6.45) is 1.02. The molecule has 0 unspecified atom stereocenters. The number of anilines is 3. The Morgan fingerprint density at radius 2 is 0.776 bits per heavy atom. The summed E-state index contributed by atoms with van der Waals surface area (Å²) in [5, 5.41) is 28.2. The summed E-state index contributed by atoms with van der Waals surface area (Å²) in [4.78, 5) is 44.4. The van der Waals surface area contributed by atoms with Gasteiger partial charge in [-0.3, -0.25) is 19.2 Å². The number of furan rings is 3. The molecule has 12 heteroatoms. The Morgan fingerprint density at radius 1 is 0.431 bits per heavy atom. The van der Waals surface area contributed by atoms with Crippen molar-refractivity contribution >= 4 is 107 Å². The van der Waals surface area contributed by atoms with Crippen LogP contribution in [0.2, 0.25) is 0 Å². The Balaban J connectivity index is 0.000000181. The topological polar surface area (TPSA) is 198 Å². The number of fused-ring (bicyclic) bond motifs is 9. The first-order valence-corrected chi connectivity index (χ1v) is 18.6. The zero-order valence-electron chi connectivity index (χ0n) is 31.2. The highest BCUT2D eigenvalue weighted by atomic mass is 16.4. The predicted octanol–water partition coefficient (Wildman–Crippen LogP) is 10.7. The molecule has 3 heterocycles. The lowest BCUT2D eigenvalue weighted by Gasteiger charge is -2.07. The van der Waals surface area contributed by atoms with Crippen molar-refractivity contribution in [3.63, 3.8) is 0 Å². The van der Waals surface area contributed by atoms with Gasteiger partial charge in [0.2, 0.25) is 11.8 Å². The maximum absolute atomic E-state index is 12.4. The molecule has 9 rings (SSSR count). The third-order valence-electron chi connectivity index (χ3n) is 9.32. The van der Waals surface area contributed by atoms with Crippen LogP contribution in [-0.4, -0.2) is 34.0 Å². The molecule has 0 atom stereocenters. The first-order chi connectivity index (χ1) is 28.1. The standard InChI is InChI=1S/C29H22N2O4.C12H9NO.C5H8O4/c32-28(30-18-12-14-22-20-6-1-3-8-24(20)34-26(22)16-18)10-5-11-29(33)31-19-13-15-23-21-7-2-4-9-25(21)35-27(23)17-19;13-8-5-6-10-9-3-1-2-4-11(9)14-12(10)7-8;6-4(7)2-1-3-5(8)9/h1-4,6-9,12-17H,5,10-11H2,(H,30,32)(H,31,33);1-7H,13H2;1-3H2,(H,6,7)(H,8,9). The largest absolute Gasteiger partial charge is 0.481 e. The summed E-state index contributed by atoms with van der Waals surface area (Å²) in [6, 6.07) is 40.7. The van der Waals surface area contributed by atoms with Crippen LogP contribution in [-0.2, 0) is 19.2 Å². The number of hydrogen-bond acceptors (Lipinski definition) is 8. The van der Waals surface area contributed by atoms with Gasteiger partial charge in [-0.1, -0.05) is 54.6 Å². The molecule has 0 aliphatic rings. The average molecular weight is 778 g/mol. The molecule has 3 aromatic heterocycles. The summed E-state index contributed by atoms with van der Waals surface area (Å²) in [6.45, 7) is 0. The van der Waals surface area contributed by atoms with Crippen LogP contribution in [0.4, 0.5) is 17.1 Å². The smallest absolute Gasteiger partial charge is 0.303 e. The quantitative estimate of drug-likeness (QED) is 0.0833.